The van der Waals surface area contributed by atoms with E-state index in [2.05, 4.69) is 9.85 Å². The first kappa shape index (κ1) is 7.86. The highest BCUT2D eigenvalue weighted by molar-refractivity contribution is 14.2. The molecule has 0 saturated heterocycles. The van der Waals surface area contributed by atoms with Gasteiger partial charge in [0.05, 0.1) is 5.57 Å². The van der Waals surface area contributed by atoms with Crippen LogP contribution in [0.3, 0.4) is 0 Å². The van der Waals surface area contributed by atoms with E-state index in [0.717, 1.165) is 0 Å². The largest absolute Gasteiger partial charge is 0.245 e. The summed E-state index contributed by atoms with van der Waals surface area (Å²) in [6.45, 7) is 0.895. The van der Waals surface area contributed by atoms with Crippen molar-refractivity contribution >= 4 is 24.2 Å². The van der Waals surface area contributed by atoms with E-state index in [9.17, 15) is 8.78 Å². The summed E-state index contributed by atoms with van der Waals surface area (Å²) in [5, 5.41) is 0. The third-order valence-corrected chi connectivity index (χ3v) is 2.91. The number of hydrogen-bond acceptors (Lipinski definition) is 0. The Labute approximate surface area is 68.1 Å². The lowest BCUT2D eigenvalue weighted by Gasteiger charge is -2.00. The highest BCUT2D eigenvalue weighted by Crippen LogP contribution is 2.17. The summed E-state index contributed by atoms with van der Waals surface area (Å²) in [5.74, 6) is 2.05. The van der Waals surface area contributed by atoms with Crippen LogP contribution in [-0.4, -0.2) is 10.2 Å². The minimum absolute atomic E-state index is 0.0171. The molecular weight excluding hydrogens is 249 g/mol. The molecule has 0 aliphatic carbocycles. The monoisotopic (exact) mass is 254 g/mol. The van der Waals surface area contributed by atoms with Gasteiger partial charge >= 0.3 is 0 Å². The molecule has 1 aliphatic heterocycles. The van der Waals surface area contributed by atoms with Gasteiger partial charge in [-0.2, -0.15) is 0 Å². The fourth-order valence-corrected chi connectivity index (χ4v) is 1.98. The molecule has 1 rings (SSSR count). The van der Waals surface area contributed by atoms with Crippen LogP contribution in [0.25, 0.3) is 0 Å². The Kier molecular flexibility index (Phi) is 2.55. The van der Waals surface area contributed by atoms with Crippen molar-refractivity contribution in [1.82, 2.24) is 0 Å². The molecule has 0 saturated carbocycles. The van der Waals surface area contributed by atoms with Crippen molar-refractivity contribution in [3.8, 4) is 9.85 Å². The van der Waals surface area contributed by atoms with Gasteiger partial charge in [-0.05, 0) is 31.6 Å². The third kappa shape index (κ3) is 1.43. The number of rotatable bonds is 1. The van der Waals surface area contributed by atoms with Crippen LogP contribution >= 0.6 is 20.7 Å². The van der Waals surface area contributed by atoms with Gasteiger partial charge in [0, 0.05) is 3.51 Å². The van der Waals surface area contributed by atoms with E-state index in [1.165, 1.54) is 0 Å². The maximum atomic E-state index is 12.8. The zero-order valence-corrected chi connectivity index (χ0v) is 7.50. The lowest BCUT2D eigenvalue weighted by Crippen LogP contribution is -1.97. The molecule has 0 aromatic heterocycles. The van der Waals surface area contributed by atoms with Gasteiger partial charge < -0.3 is 0 Å². The number of hydrogen-bond donors (Lipinski definition) is 0. The fourth-order valence-electron chi connectivity index (χ4n) is 0.548. The Balaban J connectivity index is 3.05. The molecule has 0 aromatic rings. The van der Waals surface area contributed by atoms with Gasteiger partial charge in [0.2, 0.25) is 0 Å². The van der Waals surface area contributed by atoms with Crippen LogP contribution in [0, 0.1) is 9.85 Å². The predicted molar refractivity (Wildman–Crippen MR) is 46.6 cm³/mol. The Hall–Kier alpha value is -0.240. The topological polar surface area (TPSA) is 0 Å². The quantitative estimate of drug-likeness (QED) is 0.497. The lowest BCUT2D eigenvalue weighted by atomic mass is 10.2. The van der Waals surface area contributed by atoms with Gasteiger partial charge in [-0.15, -0.1) is 0 Å². The molecule has 0 amide bonds. The third-order valence-electron chi connectivity index (χ3n) is 1.09. The SMILES string of the molecule is CC1=IC#CC(CF)=C1F. The van der Waals surface area contributed by atoms with E-state index >= 15 is 0 Å². The summed E-state index contributed by atoms with van der Waals surface area (Å²) in [7, 11) is 0. The number of allylic oxidation sites excluding steroid dienone is 2. The molecule has 0 radical (unpaired) electrons. The Morgan fingerprint density at radius 2 is 2.30 bits per heavy atom. The van der Waals surface area contributed by atoms with Gasteiger partial charge in [0.15, 0.2) is 0 Å². The highest BCUT2D eigenvalue weighted by Gasteiger charge is 2.08. The van der Waals surface area contributed by atoms with E-state index in [1.807, 2.05) is 0 Å². The Morgan fingerprint density at radius 3 is 2.80 bits per heavy atom. The molecule has 54 valence electrons. The van der Waals surface area contributed by atoms with Crippen LogP contribution in [0.15, 0.2) is 11.4 Å². The molecule has 0 N–H and O–H groups in total. The van der Waals surface area contributed by atoms with E-state index in [4.69, 9.17) is 0 Å². The summed E-state index contributed by atoms with van der Waals surface area (Å²) < 4.78 is 28.1. The maximum absolute atomic E-state index is 12.8. The smallest absolute Gasteiger partial charge is 0.146 e. The minimum Gasteiger partial charge on any atom is -0.245 e. The van der Waals surface area contributed by atoms with Gasteiger partial charge in [-0.25, -0.2) is 8.78 Å². The van der Waals surface area contributed by atoms with Crippen LogP contribution in [0.4, 0.5) is 8.78 Å². The molecule has 0 spiro atoms. The van der Waals surface area contributed by atoms with E-state index in [0.29, 0.717) is 3.51 Å². The van der Waals surface area contributed by atoms with E-state index < -0.39 is 33.2 Å². The molecule has 0 aromatic carbocycles. The Morgan fingerprint density at radius 1 is 1.60 bits per heavy atom. The van der Waals surface area contributed by atoms with Crippen LogP contribution in [0.2, 0.25) is 0 Å². The van der Waals surface area contributed by atoms with E-state index in [-0.39, 0.29) is 5.57 Å². The molecule has 0 atom stereocenters. The van der Waals surface area contributed by atoms with Crippen LogP contribution in [0.1, 0.15) is 6.92 Å². The number of alkyl halides is 1. The first-order valence-electron chi connectivity index (χ1n) is 2.69. The van der Waals surface area contributed by atoms with Crippen LogP contribution in [-0.2, 0) is 0 Å². The summed E-state index contributed by atoms with van der Waals surface area (Å²) >= 11 is -0.466. The zero-order valence-electron chi connectivity index (χ0n) is 5.34. The first-order valence-corrected chi connectivity index (χ1v) is 4.85. The molecule has 0 fully saturated rings. The number of halogens is 3. The normalized spacial score (nSPS) is 16.9. The van der Waals surface area contributed by atoms with Crippen LogP contribution in [0.5, 0.6) is 0 Å². The van der Waals surface area contributed by atoms with Crippen molar-refractivity contribution in [2.45, 2.75) is 6.92 Å². The van der Waals surface area contributed by atoms with Gasteiger partial charge in [0.25, 0.3) is 0 Å². The molecule has 1 aliphatic rings. The molecule has 0 bridgehead atoms. The maximum Gasteiger partial charge on any atom is 0.146 e. The lowest BCUT2D eigenvalue weighted by molar-refractivity contribution is 0.538. The second-order valence-corrected chi connectivity index (χ2v) is 4.47. The summed E-state index contributed by atoms with van der Waals surface area (Å²) in [6, 6.07) is 0. The Bertz CT molecular complexity index is 265. The van der Waals surface area contributed by atoms with Crippen molar-refractivity contribution in [1.29, 1.82) is 0 Å². The van der Waals surface area contributed by atoms with Crippen molar-refractivity contribution < 1.29 is 8.78 Å². The molecule has 10 heavy (non-hydrogen) atoms. The zero-order chi connectivity index (χ0) is 7.56. The highest BCUT2D eigenvalue weighted by atomic mass is 127. The average molecular weight is 254 g/mol. The van der Waals surface area contributed by atoms with Crippen molar-refractivity contribution in [3.63, 3.8) is 0 Å². The van der Waals surface area contributed by atoms with Gasteiger partial charge in [-0.3, -0.25) is 0 Å². The molecule has 0 nitrogen and oxygen atoms in total. The van der Waals surface area contributed by atoms with Crippen molar-refractivity contribution in [3.05, 3.63) is 11.4 Å². The minimum atomic E-state index is -0.778. The average Bonchev–Trinajstić information content (AvgIpc) is 1.95. The van der Waals surface area contributed by atoms with Gasteiger partial charge in [0.1, 0.15) is 12.5 Å². The van der Waals surface area contributed by atoms with E-state index in [1.54, 1.807) is 6.92 Å². The summed E-state index contributed by atoms with van der Waals surface area (Å²) in [6.07, 6.45) is 0. The standard InChI is InChI=1S/C7H5F2I/c1-5-7(9)6(4-8)2-3-10-5/h4H2,1H3. The molecule has 1 heterocycles. The fraction of sp³-hybridized carbons (Fsp3) is 0.286. The molecular formula is C7H5F2I. The van der Waals surface area contributed by atoms with Crippen LogP contribution < -0.4 is 0 Å². The first-order chi connectivity index (χ1) is 4.75. The molecule has 3 heteroatoms. The summed E-state index contributed by atoms with van der Waals surface area (Å²) in [5.41, 5.74) is 0.0171. The second kappa shape index (κ2) is 3.24. The van der Waals surface area contributed by atoms with Crippen molar-refractivity contribution in [2.24, 2.45) is 0 Å². The van der Waals surface area contributed by atoms with Crippen molar-refractivity contribution in [2.75, 3.05) is 6.67 Å². The summed E-state index contributed by atoms with van der Waals surface area (Å²) in [4.78, 5) is 0. The molecule has 0 unspecified atom stereocenters. The predicted octanol–water partition coefficient (Wildman–Crippen LogP) is 2.32. The second-order valence-electron chi connectivity index (χ2n) is 1.77. The van der Waals surface area contributed by atoms with Gasteiger partial charge in [-0.1, -0.05) is 5.92 Å².